The van der Waals surface area contributed by atoms with Gasteiger partial charge in [-0.2, -0.15) is 0 Å². The molecule has 11 heteroatoms. The highest BCUT2D eigenvalue weighted by atomic mass is 16.5. The third kappa shape index (κ3) is 5.71. The van der Waals surface area contributed by atoms with Gasteiger partial charge in [-0.15, -0.1) is 0 Å². The third-order valence-corrected chi connectivity index (χ3v) is 5.04. The predicted octanol–water partition coefficient (Wildman–Crippen LogP) is 2.36. The van der Waals surface area contributed by atoms with E-state index in [0.29, 0.717) is 53.5 Å². The number of nitrogens with two attached hydrogens (primary N) is 1. The van der Waals surface area contributed by atoms with Crippen molar-refractivity contribution in [2.75, 3.05) is 45.0 Å². The molecule has 5 N–H and O–H groups in total. The van der Waals surface area contributed by atoms with Crippen molar-refractivity contribution < 1.29 is 14.3 Å². The van der Waals surface area contributed by atoms with Crippen molar-refractivity contribution >= 4 is 17.7 Å². The average Bonchev–Trinajstić information content (AvgIpc) is 3.33. The number of amides is 1. The smallest absolute Gasteiger partial charge is 0.246 e. The van der Waals surface area contributed by atoms with E-state index >= 15 is 0 Å². The number of rotatable bonds is 10. The number of imidazole rings is 1. The Kier molecular flexibility index (Phi) is 7.48. The van der Waals surface area contributed by atoms with Crippen molar-refractivity contribution in [3.8, 4) is 39.8 Å². The molecule has 0 unspecified atom stereocenters. The number of H-pyrrole nitrogens is 1. The van der Waals surface area contributed by atoms with Crippen LogP contribution in [0, 0.1) is 0 Å². The van der Waals surface area contributed by atoms with Crippen molar-refractivity contribution in [1.82, 2.24) is 30.2 Å². The molecule has 0 spiro atoms. The number of hydrogen-bond donors (Lipinski definition) is 4. The van der Waals surface area contributed by atoms with E-state index in [2.05, 4.69) is 30.6 Å². The summed E-state index contributed by atoms with van der Waals surface area (Å²) in [6.07, 6.45) is 3.30. The highest BCUT2D eigenvalue weighted by molar-refractivity contribution is 5.81. The van der Waals surface area contributed by atoms with Crippen LogP contribution in [0.1, 0.15) is 0 Å². The number of nitrogens with one attached hydrogen (secondary N) is 3. The van der Waals surface area contributed by atoms with E-state index < -0.39 is 0 Å². The van der Waals surface area contributed by atoms with Crippen LogP contribution in [0.5, 0.6) is 5.75 Å². The summed E-state index contributed by atoms with van der Waals surface area (Å²) in [5.41, 5.74) is 9.52. The van der Waals surface area contributed by atoms with E-state index in [1.54, 1.807) is 24.5 Å². The van der Waals surface area contributed by atoms with Gasteiger partial charge >= 0.3 is 0 Å². The molecule has 4 aromatic rings. The molecule has 0 atom stereocenters. The number of ether oxygens (including phenoxy) is 2. The van der Waals surface area contributed by atoms with Gasteiger partial charge in [0.05, 0.1) is 18.5 Å². The molecule has 180 valence electrons. The number of pyridine rings is 1. The number of carbonyl (C=O) groups excluding carboxylic acids is 1. The third-order valence-electron chi connectivity index (χ3n) is 5.04. The molecule has 11 nitrogen and oxygen atoms in total. The number of carbonyl (C=O) groups is 1. The first-order valence-corrected chi connectivity index (χ1v) is 10.9. The highest BCUT2D eigenvalue weighted by Crippen LogP contribution is 2.34. The molecule has 0 aliphatic carbocycles. The maximum absolute atomic E-state index is 11.5. The zero-order valence-electron chi connectivity index (χ0n) is 19.4. The summed E-state index contributed by atoms with van der Waals surface area (Å²) in [5.74, 6) is 1.66. The second-order valence-electron chi connectivity index (χ2n) is 7.46. The second-order valence-corrected chi connectivity index (χ2v) is 7.46. The minimum Gasteiger partial charge on any atom is -0.493 e. The molecule has 35 heavy (non-hydrogen) atoms. The number of nitrogens with zero attached hydrogens (tertiary/aromatic N) is 4. The Balaban J connectivity index is 1.65. The first-order valence-electron chi connectivity index (χ1n) is 10.9. The van der Waals surface area contributed by atoms with Crippen LogP contribution in [0.3, 0.4) is 0 Å². The fourth-order valence-corrected chi connectivity index (χ4v) is 3.39. The van der Waals surface area contributed by atoms with Gasteiger partial charge < -0.3 is 30.8 Å². The maximum atomic E-state index is 11.5. The lowest BCUT2D eigenvalue weighted by molar-refractivity contribution is -0.124. The SMILES string of the molecule is COCC(=O)NCCNc1nccc(-c2[nH]c(-c3ccccc3)nc2-c2cnc(N)c(OC)c2)n1. The van der Waals surface area contributed by atoms with Crippen LogP contribution < -0.4 is 21.1 Å². The van der Waals surface area contributed by atoms with Gasteiger partial charge in [0.1, 0.15) is 18.1 Å². The van der Waals surface area contributed by atoms with Crippen molar-refractivity contribution in [3.05, 3.63) is 54.9 Å². The summed E-state index contributed by atoms with van der Waals surface area (Å²) < 4.78 is 10.2. The second kappa shape index (κ2) is 11.1. The Hall–Kier alpha value is -4.51. The highest BCUT2D eigenvalue weighted by Gasteiger charge is 2.18. The number of methoxy groups -OCH3 is 2. The summed E-state index contributed by atoms with van der Waals surface area (Å²) in [6, 6.07) is 13.4. The Morgan fingerprint density at radius 3 is 2.66 bits per heavy atom. The number of aromatic nitrogens is 5. The van der Waals surface area contributed by atoms with Crippen LogP contribution >= 0.6 is 0 Å². The Bertz CT molecular complexity index is 1290. The molecule has 3 aromatic heterocycles. The summed E-state index contributed by atoms with van der Waals surface area (Å²) in [6.45, 7) is 0.867. The molecule has 1 aromatic carbocycles. The first-order chi connectivity index (χ1) is 17.1. The molecule has 0 aliphatic heterocycles. The molecule has 0 aliphatic rings. The van der Waals surface area contributed by atoms with Crippen LogP contribution in [0.15, 0.2) is 54.9 Å². The monoisotopic (exact) mass is 474 g/mol. The van der Waals surface area contributed by atoms with E-state index in [1.165, 1.54) is 14.2 Å². The zero-order chi connectivity index (χ0) is 24.6. The van der Waals surface area contributed by atoms with Gasteiger partial charge in [-0.25, -0.2) is 19.9 Å². The lowest BCUT2D eigenvalue weighted by Gasteiger charge is -2.09. The van der Waals surface area contributed by atoms with Crippen molar-refractivity contribution in [3.63, 3.8) is 0 Å². The van der Waals surface area contributed by atoms with Gasteiger partial charge in [0.2, 0.25) is 11.9 Å². The van der Waals surface area contributed by atoms with Gasteiger partial charge in [0.25, 0.3) is 0 Å². The minimum atomic E-state index is -0.188. The quantitative estimate of drug-likeness (QED) is 0.254. The lowest BCUT2D eigenvalue weighted by atomic mass is 10.1. The average molecular weight is 475 g/mol. The van der Waals surface area contributed by atoms with Gasteiger partial charge in [0, 0.05) is 43.7 Å². The fourth-order valence-electron chi connectivity index (χ4n) is 3.39. The fraction of sp³-hybridized carbons (Fsp3) is 0.208. The number of nitrogen functional groups attached to an aromatic ring is 1. The summed E-state index contributed by atoms with van der Waals surface area (Å²) in [5, 5.41) is 5.86. The van der Waals surface area contributed by atoms with Crippen molar-refractivity contribution in [1.29, 1.82) is 0 Å². The summed E-state index contributed by atoms with van der Waals surface area (Å²) in [4.78, 5) is 32.9. The summed E-state index contributed by atoms with van der Waals surface area (Å²) >= 11 is 0. The Morgan fingerprint density at radius 1 is 1.06 bits per heavy atom. The normalized spacial score (nSPS) is 10.7. The number of aromatic amines is 1. The van der Waals surface area contributed by atoms with E-state index in [0.717, 1.165) is 11.1 Å². The van der Waals surface area contributed by atoms with Crippen LogP contribution in [0.2, 0.25) is 0 Å². The van der Waals surface area contributed by atoms with Crippen molar-refractivity contribution in [2.45, 2.75) is 0 Å². The number of hydrogen-bond acceptors (Lipinski definition) is 9. The molecule has 0 radical (unpaired) electrons. The first kappa shape index (κ1) is 23.6. The zero-order valence-corrected chi connectivity index (χ0v) is 19.4. The predicted molar refractivity (Wildman–Crippen MR) is 133 cm³/mol. The Morgan fingerprint density at radius 2 is 1.89 bits per heavy atom. The molecule has 0 fully saturated rings. The molecule has 0 saturated carbocycles. The van der Waals surface area contributed by atoms with Gasteiger partial charge in [0.15, 0.2) is 11.6 Å². The topological polar surface area (TPSA) is 153 Å². The standard InChI is InChI=1S/C24H26N8O3/c1-34-14-19(33)26-10-11-28-24-27-9-8-17(30-24)21-20(16-12-18(35-2)22(25)29-13-16)31-23(32-21)15-6-4-3-5-7-15/h3-9,12-13H,10-11,14H2,1-2H3,(H2,25,29)(H,26,33)(H,31,32)(H,27,28,30). The van der Waals surface area contributed by atoms with E-state index in [1.807, 2.05) is 30.3 Å². The van der Waals surface area contributed by atoms with E-state index in [-0.39, 0.29) is 12.5 Å². The van der Waals surface area contributed by atoms with Crippen molar-refractivity contribution in [2.24, 2.45) is 0 Å². The lowest BCUT2D eigenvalue weighted by Crippen LogP contribution is -2.31. The number of benzene rings is 1. The van der Waals surface area contributed by atoms with Crippen LogP contribution in [0.25, 0.3) is 34.0 Å². The molecular weight excluding hydrogens is 448 g/mol. The molecule has 0 bridgehead atoms. The van der Waals surface area contributed by atoms with Crippen LogP contribution in [0.4, 0.5) is 11.8 Å². The summed E-state index contributed by atoms with van der Waals surface area (Å²) in [7, 11) is 3.01. The molecule has 3 heterocycles. The molecule has 0 saturated heterocycles. The number of anilines is 2. The molecule has 4 rings (SSSR count). The van der Waals surface area contributed by atoms with Gasteiger partial charge in [-0.05, 0) is 12.1 Å². The maximum Gasteiger partial charge on any atom is 0.246 e. The molecule has 1 amide bonds. The minimum absolute atomic E-state index is 0.0170. The van der Waals surface area contributed by atoms with E-state index in [9.17, 15) is 4.79 Å². The van der Waals surface area contributed by atoms with Crippen LogP contribution in [-0.4, -0.2) is 64.7 Å². The Labute approximate surface area is 202 Å². The van der Waals surface area contributed by atoms with E-state index in [4.69, 9.17) is 20.2 Å². The van der Waals surface area contributed by atoms with Crippen LogP contribution in [-0.2, 0) is 9.53 Å². The van der Waals surface area contributed by atoms with Gasteiger partial charge in [-0.1, -0.05) is 30.3 Å². The largest absolute Gasteiger partial charge is 0.493 e. The molecular formula is C24H26N8O3. The van der Waals surface area contributed by atoms with Gasteiger partial charge in [-0.3, -0.25) is 4.79 Å².